The third-order valence-corrected chi connectivity index (χ3v) is 7.66. The van der Waals surface area contributed by atoms with Crippen LogP contribution in [0, 0.1) is 11.7 Å². The van der Waals surface area contributed by atoms with E-state index in [4.69, 9.17) is 0 Å². The van der Waals surface area contributed by atoms with Gasteiger partial charge in [0.2, 0.25) is 10.0 Å². The molecule has 2 aromatic heterocycles. The van der Waals surface area contributed by atoms with Gasteiger partial charge in [-0.3, -0.25) is 0 Å². The molecule has 1 aliphatic carbocycles. The number of hydrogen-bond acceptors (Lipinski definition) is 4. The molecule has 0 aliphatic heterocycles. The average Bonchev–Trinajstić information content (AvgIpc) is 3.25. The van der Waals surface area contributed by atoms with Crippen LogP contribution in [0.2, 0.25) is 0 Å². The van der Waals surface area contributed by atoms with Crippen LogP contribution in [-0.2, 0) is 16.6 Å². The van der Waals surface area contributed by atoms with Gasteiger partial charge in [-0.1, -0.05) is 13.8 Å². The smallest absolute Gasteiger partial charge is 0.215 e. The molecule has 0 bridgehead atoms. The summed E-state index contributed by atoms with van der Waals surface area (Å²) in [7, 11) is -3.33. The van der Waals surface area contributed by atoms with Crippen molar-refractivity contribution >= 4 is 32.3 Å². The number of benzene rings is 1. The van der Waals surface area contributed by atoms with Gasteiger partial charge >= 0.3 is 0 Å². The summed E-state index contributed by atoms with van der Waals surface area (Å²) in [4.78, 5) is 4.24. The summed E-state index contributed by atoms with van der Waals surface area (Å²) in [6, 6.07) is 2.91. The van der Waals surface area contributed by atoms with Crippen LogP contribution in [0.3, 0.4) is 0 Å². The second kappa shape index (κ2) is 7.24. The second-order valence-electron chi connectivity index (χ2n) is 7.94. The van der Waals surface area contributed by atoms with Crippen molar-refractivity contribution in [1.82, 2.24) is 14.3 Å². The fourth-order valence-electron chi connectivity index (χ4n) is 3.55. The summed E-state index contributed by atoms with van der Waals surface area (Å²) in [6.45, 7) is 6.83. The van der Waals surface area contributed by atoms with Gasteiger partial charge in [-0.05, 0) is 43.4 Å². The molecule has 150 valence electrons. The lowest BCUT2D eigenvalue weighted by Gasteiger charge is -2.13. The number of nitrogens with zero attached hydrogens (tertiary/aromatic N) is 2. The molecule has 5 nitrogen and oxygen atoms in total. The Morgan fingerprint density at radius 3 is 2.68 bits per heavy atom. The first-order valence-electron chi connectivity index (χ1n) is 9.48. The molecule has 0 spiro atoms. The van der Waals surface area contributed by atoms with Crippen molar-refractivity contribution in [2.75, 3.05) is 0 Å². The van der Waals surface area contributed by atoms with E-state index in [1.54, 1.807) is 5.51 Å². The second-order valence-corrected chi connectivity index (χ2v) is 10.6. The van der Waals surface area contributed by atoms with E-state index in [1.807, 2.05) is 24.6 Å². The van der Waals surface area contributed by atoms with E-state index in [1.165, 1.54) is 17.4 Å². The van der Waals surface area contributed by atoms with Crippen LogP contribution in [-0.4, -0.2) is 23.2 Å². The van der Waals surface area contributed by atoms with Gasteiger partial charge < -0.3 is 4.57 Å². The monoisotopic (exact) mass is 421 g/mol. The molecule has 1 fully saturated rings. The Morgan fingerprint density at radius 2 is 2.07 bits per heavy atom. The molecule has 0 amide bonds. The van der Waals surface area contributed by atoms with Crippen molar-refractivity contribution in [3.8, 4) is 11.3 Å². The molecule has 1 aromatic carbocycles. The number of halogens is 1. The predicted molar refractivity (Wildman–Crippen MR) is 111 cm³/mol. The molecule has 28 heavy (non-hydrogen) atoms. The number of thiazole rings is 1. The van der Waals surface area contributed by atoms with Crippen LogP contribution >= 0.6 is 11.3 Å². The summed E-state index contributed by atoms with van der Waals surface area (Å²) in [6.07, 6.45) is 3.38. The highest BCUT2D eigenvalue weighted by Crippen LogP contribution is 2.35. The van der Waals surface area contributed by atoms with Crippen LogP contribution in [0.1, 0.15) is 45.2 Å². The number of fused-ring (bicyclic) bond motifs is 1. The molecule has 1 N–H and O–H groups in total. The molecule has 0 saturated heterocycles. The molecule has 8 heteroatoms. The van der Waals surface area contributed by atoms with E-state index in [9.17, 15) is 12.8 Å². The van der Waals surface area contributed by atoms with Crippen LogP contribution in [0.25, 0.3) is 22.2 Å². The molecular formula is C20H24FN3O2S2. The highest BCUT2D eigenvalue weighted by Gasteiger charge is 2.37. The zero-order valence-electron chi connectivity index (χ0n) is 16.1. The van der Waals surface area contributed by atoms with Gasteiger partial charge in [-0.25, -0.2) is 22.5 Å². The van der Waals surface area contributed by atoms with Gasteiger partial charge in [-0.15, -0.1) is 11.3 Å². The van der Waals surface area contributed by atoms with Crippen molar-refractivity contribution in [2.24, 2.45) is 5.92 Å². The van der Waals surface area contributed by atoms with Crippen LogP contribution in [0.4, 0.5) is 4.39 Å². The molecule has 3 aromatic rings. The lowest BCUT2D eigenvalue weighted by Crippen LogP contribution is -2.29. The number of aromatic nitrogens is 2. The van der Waals surface area contributed by atoms with E-state index in [0.29, 0.717) is 30.0 Å². The van der Waals surface area contributed by atoms with E-state index < -0.39 is 16.1 Å². The molecule has 1 saturated carbocycles. The van der Waals surface area contributed by atoms with Crippen molar-refractivity contribution < 1.29 is 12.8 Å². The van der Waals surface area contributed by atoms with Crippen molar-refractivity contribution in [1.29, 1.82) is 0 Å². The third-order valence-electron chi connectivity index (χ3n) is 5.04. The van der Waals surface area contributed by atoms with Crippen LogP contribution in [0.15, 0.2) is 29.2 Å². The van der Waals surface area contributed by atoms with Gasteiger partial charge in [0.25, 0.3) is 0 Å². The van der Waals surface area contributed by atoms with Gasteiger partial charge in [0.05, 0.1) is 16.5 Å². The number of hydrogen-bond donors (Lipinski definition) is 1. The Labute approximate surface area is 168 Å². The van der Waals surface area contributed by atoms with E-state index >= 15 is 0 Å². The number of sulfonamides is 1. The fraction of sp³-hybridized carbons (Fsp3) is 0.450. The maximum atomic E-state index is 14.9. The lowest BCUT2D eigenvalue weighted by molar-refractivity contribution is 0.532. The van der Waals surface area contributed by atoms with Crippen LogP contribution < -0.4 is 4.72 Å². The minimum absolute atomic E-state index is 0.285. The summed E-state index contributed by atoms with van der Waals surface area (Å²) < 4.78 is 44.5. The highest BCUT2D eigenvalue weighted by molar-refractivity contribution is 7.90. The van der Waals surface area contributed by atoms with Gasteiger partial charge in [0.1, 0.15) is 5.82 Å². The summed E-state index contributed by atoms with van der Waals surface area (Å²) in [5.74, 6) is 0.0499. The normalized spacial score (nSPS) is 16.2. The maximum absolute atomic E-state index is 14.9. The molecule has 0 unspecified atom stereocenters. The molecule has 4 rings (SSSR count). The Bertz CT molecular complexity index is 1100. The Hall–Kier alpha value is -1.77. The van der Waals surface area contributed by atoms with Crippen LogP contribution in [0.5, 0.6) is 0 Å². The molecule has 2 heterocycles. The SMILES string of the molecule is CC(C)Cn1cc([C@@H](C)NS(=O)(=O)C2CC2)c2cc(F)c(-c3cscn3)cc21. The first kappa shape index (κ1) is 19.5. The highest BCUT2D eigenvalue weighted by atomic mass is 32.2. The van der Waals surface area contributed by atoms with Crippen molar-refractivity contribution in [2.45, 2.75) is 51.4 Å². The summed E-state index contributed by atoms with van der Waals surface area (Å²) in [5.41, 5.74) is 4.46. The zero-order chi connectivity index (χ0) is 20.1. The quantitative estimate of drug-likeness (QED) is 0.601. The van der Waals surface area contributed by atoms with Gasteiger partial charge in [0.15, 0.2) is 0 Å². The Balaban J connectivity index is 1.81. The average molecular weight is 422 g/mol. The molecular weight excluding hydrogens is 397 g/mol. The maximum Gasteiger partial charge on any atom is 0.215 e. The minimum atomic E-state index is -3.33. The first-order chi connectivity index (χ1) is 13.3. The van der Waals surface area contributed by atoms with Gasteiger partial charge in [-0.2, -0.15) is 0 Å². The predicted octanol–water partition coefficient (Wildman–Crippen LogP) is 4.70. The fourth-order valence-corrected chi connectivity index (χ4v) is 5.67. The summed E-state index contributed by atoms with van der Waals surface area (Å²) in [5, 5.41) is 2.28. The lowest BCUT2D eigenvalue weighted by atomic mass is 10.0. The van der Waals surface area contributed by atoms with E-state index in [2.05, 4.69) is 28.1 Å². The molecule has 1 atom stereocenters. The topological polar surface area (TPSA) is 64.0 Å². The largest absolute Gasteiger partial charge is 0.347 e. The third kappa shape index (κ3) is 3.73. The summed E-state index contributed by atoms with van der Waals surface area (Å²) >= 11 is 1.43. The zero-order valence-corrected chi connectivity index (χ0v) is 17.8. The standard InChI is InChI=1S/C20H24FN3O2S2/c1-12(2)8-24-9-17(13(3)23-28(25,26)14-4-5-14)15-6-18(21)16(7-20(15)24)19-10-27-11-22-19/h6-7,9-14,23H,4-5,8H2,1-3H3/t13-/m1/s1. The van der Waals surface area contributed by atoms with Crippen molar-refractivity contribution in [3.05, 3.63) is 40.6 Å². The molecule has 1 aliphatic rings. The number of nitrogens with one attached hydrogen (secondary N) is 1. The minimum Gasteiger partial charge on any atom is -0.347 e. The van der Waals surface area contributed by atoms with Gasteiger partial charge in [0, 0.05) is 40.6 Å². The molecule has 0 radical (unpaired) electrons. The first-order valence-corrected chi connectivity index (χ1v) is 12.0. The van der Waals surface area contributed by atoms with Crippen molar-refractivity contribution in [3.63, 3.8) is 0 Å². The number of rotatable bonds is 7. The van der Waals surface area contributed by atoms with E-state index in [-0.39, 0.29) is 11.1 Å². The Morgan fingerprint density at radius 1 is 1.32 bits per heavy atom. The van der Waals surface area contributed by atoms with E-state index in [0.717, 1.165) is 23.0 Å². The Kier molecular flexibility index (Phi) is 5.05.